The first kappa shape index (κ1) is 13.4. The van der Waals surface area contributed by atoms with Crippen molar-refractivity contribution in [3.8, 4) is 0 Å². The average molecular weight is 333 g/mol. The molecule has 1 atom stereocenters. The van der Waals surface area contributed by atoms with Gasteiger partial charge in [-0.15, -0.1) is 0 Å². The molecule has 2 amide bonds. The second kappa shape index (κ2) is 5.71. The smallest absolute Gasteiger partial charge is 0.290 e. The third kappa shape index (κ3) is 2.84. The molecule has 0 unspecified atom stereocenters. The highest BCUT2D eigenvalue weighted by Gasteiger charge is 2.39. The molecule has 1 aromatic rings. The molecule has 0 radical (unpaired) electrons. The quantitative estimate of drug-likeness (QED) is 0.861. The lowest BCUT2D eigenvalue weighted by Gasteiger charge is -2.13. The van der Waals surface area contributed by atoms with Gasteiger partial charge in [-0.1, -0.05) is 15.9 Å². The SMILES string of the molecule is O=C1S[C@@H](Nc2ccc(F)cc2)C(=O)N1CCBr. The van der Waals surface area contributed by atoms with E-state index in [2.05, 4.69) is 21.2 Å². The second-order valence-corrected chi connectivity index (χ2v) is 5.44. The zero-order valence-electron chi connectivity index (χ0n) is 9.23. The van der Waals surface area contributed by atoms with Crippen LogP contribution in [0.2, 0.25) is 0 Å². The predicted octanol–water partition coefficient (Wildman–Crippen LogP) is 2.65. The predicted molar refractivity (Wildman–Crippen MR) is 72.3 cm³/mol. The van der Waals surface area contributed by atoms with E-state index in [0.717, 1.165) is 11.8 Å². The van der Waals surface area contributed by atoms with Crippen molar-refractivity contribution in [2.45, 2.75) is 5.37 Å². The van der Waals surface area contributed by atoms with Crippen molar-refractivity contribution in [2.24, 2.45) is 0 Å². The number of rotatable bonds is 4. The van der Waals surface area contributed by atoms with Gasteiger partial charge in [-0.25, -0.2) is 4.39 Å². The Morgan fingerprint density at radius 1 is 1.33 bits per heavy atom. The van der Waals surface area contributed by atoms with Gasteiger partial charge in [0.2, 0.25) is 0 Å². The van der Waals surface area contributed by atoms with E-state index < -0.39 is 5.37 Å². The number of nitrogens with zero attached hydrogens (tertiary/aromatic N) is 1. The van der Waals surface area contributed by atoms with E-state index in [0.29, 0.717) is 17.6 Å². The number of alkyl halides is 1. The number of carbonyl (C=O) groups is 2. The van der Waals surface area contributed by atoms with Crippen LogP contribution in [0.15, 0.2) is 24.3 Å². The molecular formula is C11H10BrFN2O2S. The number of halogens is 2. The standard InChI is InChI=1S/C11H10BrFN2O2S/c12-5-6-15-10(16)9(18-11(15)17)14-8-3-1-7(13)2-4-8/h1-4,9,14H,5-6H2/t9-/m1/s1. The number of thioether (sulfide) groups is 1. The molecule has 1 aromatic carbocycles. The van der Waals surface area contributed by atoms with Crippen molar-refractivity contribution < 1.29 is 14.0 Å². The molecule has 0 aromatic heterocycles. The van der Waals surface area contributed by atoms with E-state index in [4.69, 9.17) is 0 Å². The summed E-state index contributed by atoms with van der Waals surface area (Å²) < 4.78 is 12.7. The minimum atomic E-state index is -0.637. The Morgan fingerprint density at radius 3 is 2.61 bits per heavy atom. The van der Waals surface area contributed by atoms with Crippen LogP contribution in [0.25, 0.3) is 0 Å². The summed E-state index contributed by atoms with van der Waals surface area (Å²) in [5.41, 5.74) is 0.607. The van der Waals surface area contributed by atoms with Crippen LogP contribution in [0, 0.1) is 5.82 Å². The Bertz CT molecular complexity index is 469. The zero-order chi connectivity index (χ0) is 13.1. The fourth-order valence-corrected chi connectivity index (χ4v) is 2.81. The Balaban J connectivity index is 2.05. The van der Waals surface area contributed by atoms with Crippen molar-refractivity contribution in [3.05, 3.63) is 30.1 Å². The number of benzene rings is 1. The molecular weight excluding hydrogens is 323 g/mol. The van der Waals surface area contributed by atoms with Gasteiger partial charge in [-0.05, 0) is 36.0 Å². The van der Waals surface area contributed by atoms with E-state index in [9.17, 15) is 14.0 Å². The number of hydrogen-bond acceptors (Lipinski definition) is 4. The fraction of sp³-hybridized carbons (Fsp3) is 0.273. The van der Waals surface area contributed by atoms with Gasteiger partial charge in [0.1, 0.15) is 5.82 Å². The van der Waals surface area contributed by atoms with Crippen LogP contribution in [0.1, 0.15) is 0 Å². The molecule has 0 bridgehead atoms. The first-order valence-electron chi connectivity index (χ1n) is 5.22. The summed E-state index contributed by atoms with van der Waals surface area (Å²) in [6.45, 7) is 0.353. The van der Waals surface area contributed by atoms with Crippen LogP contribution in [0.3, 0.4) is 0 Å². The summed E-state index contributed by atoms with van der Waals surface area (Å²) in [5.74, 6) is -0.614. The van der Waals surface area contributed by atoms with Crippen LogP contribution in [-0.4, -0.2) is 33.3 Å². The summed E-state index contributed by atoms with van der Waals surface area (Å²) >= 11 is 4.12. The van der Waals surface area contributed by atoms with E-state index >= 15 is 0 Å². The number of hydrogen-bond donors (Lipinski definition) is 1. The largest absolute Gasteiger partial charge is 0.365 e. The van der Waals surface area contributed by atoms with Gasteiger partial charge >= 0.3 is 0 Å². The summed E-state index contributed by atoms with van der Waals surface area (Å²) in [7, 11) is 0. The number of nitrogens with one attached hydrogen (secondary N) is 1. The molecule has 1 fully saturated rings. The summed E-state index contributed by atoms with van der Waals surface area (Å²) in [5, 5.41) is 2.55. The molecule has 0 aliphatic carbocycles. The van der Waals surface area contributed by atoms with Crippen molar-refractivity contribution in [1.29, 1.82) is 0 Å². The number of imide groups is 1. The van der Waals surface area contributed by atoms with Gasteiger partial charge in [0.15, 0.2) is 5.37 Å². The molecule has 1 aliphatic heterocycles. The van der Waals surface area contributed by atoms with Crippen LogP contribution in [-0.2, 0) is 4.79 Å². The lowest BCUT2D eigenvalue weighted by atomic mass is 10.3. The number of amides is 2. The van der Waals surface area contributed by atoms with Gasteiger partial charge in [0.25, 0.3) is 11.1 Å². The molecule has 18 heavy (non-hydrogen) atoms. The molecule has 0 saturated carbocycles. The van der Waals surface area contributed by atoms with Gasteiger partial charge in [-0.2, -0.15) is 0 Å². The fourth-order valence-electron chi connectivity index (χ4n) is 1.52. The van der Waals surface area contributed by atoms with Crippen LogP contribution >= 0.6 is 27.7 Å². The van der Waals surface area contributed by atoms with Crippen molar-refractivity contribution in [1.82, 2.24) is 4.90 Å². The van der Waals surface area contributed by atoms with E-state index in [1.807, 2.05) is 0 Å². The Labute approximate surface area is 116 Å². The number of carbonyl (C=O) groups excluding carboxylic acids is 2. The summed E-state index contributed by atoms with van der Waals surface area (Å²) in [4.78, 5) is 24.7. The monoisotopic (exact) mass is 332 g/mol. The Morgan fingerprint density at radius 2 is 2.00 bits per heavy atom. The summed E-state index contributed by atoms with van der Waals surface area (Å²) in [6, 6.07) is 5.65. The molecule has 0 spiro atoms. The van der Waals surface area contributed by atoms with Gasteiger partial charge in [0, 0.05) is 17.6 Å². The highest BCUT2D eigenvalue weighted by Crippen LogP contribution is 2.28. The van der Waals surface area contributed by atoms with Crippen molar-refractivity contribution in [2.75, 3.05) is 17.2 Å². The van der Waals surface area contributed by atoms with Crippen molar-refractivity contribution in [3.63, 3.8) is 0 Å². The molecule has 2 rings (SSSR count). The van der Waals surface area contributed by atoms with Crippen LogP contribution in [0.4, 0.5) is 14.9 Å². The Kier molecular flexibility index (Phi) is 4.23. The molecule has 96 valence electrons. The van der Waals surface area contributed by atoms with Gasteiger partial charge < -0.3 is 5.32 Å². The maximum Gasteiger partial charge on any atom is 0.290 e. The molecule has 1 heterocycles. The van der Waals surface area contributed by atoms with E-state index in [-0.39, 0.29) is 17.0 Å². The lowest BCUT2D eigenvalue weighted by molar-refractivity contribution is -0.125. The topological polar surface area (TPSA) is 49.4 Å². The molecule has 1 N–H and O–H groups in total. The minimum Gasteiger partial charge on any atom is -0.365 e. The summed E-state index contributed by atoms with van der Waals surface area (Å²) in [6.07, 6.45) is 0. The Hall–Kier alpha value is -1.08. The van der Waals surface area contributed by atoms with Crippen LogP contribution in [0.5, 0.6) is 0 Å². The van der Waals surface area contributed by atoms with Crippen molar-refractivity contribution >= 4 is 44.5 Å². The first-order chi connectivity index (χ1) is 8.61. The third-order valence-electron chi connectivity index (χ3n) is 2.38. The highest BCUT2D eigenvalue weighted by atomic mass is 79.9. The normalized spacial score (nSPS) is 19.4. The minimum absolute atomic E-state index is 0.265. The number of anilines is 1. The molecule has 7 heteroatoms. The van der Waals surface area contributed by atoms with E-state index in [1.165, 1.54) is 29.2 Å². The lowest BCUT2D eigenvalue weighted by Crippen LogP contribution is -2.35. The molecule has 1 aliphatic rings. The second-order valence-electron chi connectivity index (χ2n) is 3.59. The van der Waals surface area contributed by atoms with Gasteiger partial charge in [-0.3, -0.25) is 14.5 Å². The zero-order valence-corrected chi connectivity index (χ0v) is 11.6. The first-order valence-corrected chi connectivity index (χ1v) is 7.22. The molecule has 4 nitrogen and oxygen atoms in total. The highest BCUT2D eigenvalue weighted by molar-refractivity contribution is 9.09. The third-order valence-corrected chi connectivity index (χ3v) is 3.71. The maximum atomic E-state index is 12.7. The van der Waals surface area contributed by atoms with Crippen LogP contribution < -0.4 is 5.32 Å². The van der Waals surface area contributed by atoms with Gasteiger partial charge in [0.05, 0.1) is 0 Å². The average Bonchev–Trinajstić information content (AvgIpc) is 2.60. The van der Waals surface area contributed by atoms with E-state index in [1.54, 1.807) is 0 Å². The maximum absolute atomic E-state index is 12.7. The molecule has 1 saturated heterocycles.